The molecule has 0 spiro atoms. The van der Waals surface area contributed by atoms with Crippen molar-refractivity contribution < 1.29 is 18.0 Å². The first kappa shape index (κ1) is 18.8. The SMILES string of the molecule is CC(C)(C)c1ccc(C(=O)Nc2ccc(I)cc2C(F)(F)F)cc1. The fraction of sp³-hybridized carbons (Fsp3) is 0.278. The van der Waals surface area contributed by atoms with Crippen LogP contribution in [0.25, 0.3) is 0 Å². The molecule has 0 aromatic heterocycles. The molecule has 0 saturated heterocycles. The van der Waals surface area contributed by atoms with Gasteiger partial charge < -0.3 is 5.32 Å². The van der Waals surface area contributed by atoms with Gasteiger partial charge in [0.1, 0.15) is 0 Å². The van der Waals surface area contributed by atoms with E-state index in [-0.39, 0.29) is 11.1 Å². The minimum Gasteiger partial charge on any atom is -0.321 e. The number of carbonyl (C=O) groups excluding carboxylic acids is 1. The molecule has 2 aromatic carbocycles. The van der Waals surface area contributed by atoms with E-state index < -0.39 is 17.6 Å². The summed E-state index contributed by atoms with van der Waals surface area (Å²) in [5.41, 5.74) is 0.204. The lowest BCUT2D eigenvalue weighted by atomic mass is 9.86. The van der Waals surface area contributed by atoms with Crippen LogP contribution in [0.15, 0.2) is 42.5 Å². The zero-order chi connectivity index (χ0) is 18.1. The van der Waals surface area contributed by atoms with Gasteiger partial charge in [0, 0.05) is 9.13 Å². The molecular formula is C18H17F3INO. The van der Waals surface area contributed by atoms with E-state index in [1.807, 2.05) is 32.9 Å². The molecule has 1 N–H and O–H groups in total. The number of rotatable bonds is 2. The summed E-state index contributed by atoms with van der Waals surface area (Å²) in [7, 11) is 0. The van der Waals surface area contributed by atoms with E-state index in [4.69, 9.17) is 0 Å². The summed E-state index contributed by atoms with van der Waals surface area (Å²) in [6, 6.07) is 10.7. The molecule has 2 nitrogen and oxygen atoms in total. The topological polar surface area (TPSA) is 29.1 Å². The standard InChI is InChI=1S/C18H17F3INO/c1-17(2,3)12-6-4-11(5-7-12)16(24)23-15-9-8-13(22)10-14(15)18(19,20)21/h4-10H,1-3H3,(H,23,24). The van der Waals surface area contributed by atoms with Crippen LogP contribution in [0.3, 0.4) is 0 Å². The highest BCUT2D eigenvalue weighted by Crippen LogP contribution is 2.36. The first-order valence-electron chi connectivity index (χ1n) is 7.27. The van der Waals surface area contributed by atoms with E-state index in [0.717, 1.165) is 11.6 Å². The van der Waals surface area contributed by atoms with Gasteiger partial charge in [0.25, 0.3) is 5.91 Å². The zero-order valence-corrected chi connectivity index (χ0v) is 15.6. The Kier molecular flexibility index (Phi) is 5.27. The van der Waals surface area contributed by atoms with Gasteiger partial charge in [-0.15, -0.1) is 0 Å². The van der Waals surface area contributed by atoms with Crippen molar-refractivity contribution in [3.05, 3.63) is 62.7 Å². The second-order valence-corrected chi connectivity index (χ2v) is 7.71. The summed E-state index contributed by atoms with van der Waals surface area (Å²) in [6.07, 6.45) is -4.53. The highest BCUT2D eigenvalue weighted by molar-refractivity contribution is 14.1. The number of anilines is 1. The van der Waals surface area contributed by atoms with Crippen LogP contribution in [0.1, 0.15) is 42.3 Å². The van der Waals surface area contributed by atoms with Crippen molar-refractivity contribution >= 4 is 34.2 Å². The Balaban J connectivity index is 2.27. The van der Waals surface area contributed by atoms with Crippen molar-refractivity contribution in [2.75, 3.05) is 5.32 Å². The predicted molar refractivity (Wildman–Crippen MR) is 97.3 cm³/mol. The smallest absolute Gasteiger partial charge is 0.321 e. The number of amides is 1. The molecule has 0 atom stereocenters. The lowest BCUT2D eigenvalue weighted by Crippen LogP contribution is -2.17. The Bertz CT molecular complexity index is 746. The summed E-state index contributed by atoms with van der Waals surface area (Å²) in [6.45, 7) is 6.13. The second-order valence-electron chi connectivity index (χ2n) is 6.47. The third kappa shape index (κ3) is 4.49. The molecular weight excluding hydrogens is 430 g/mol. The third-order valence-electron chi connectivity index (χ3n) is 3.55. The lowest BCUT2D eigenvalue weighted by Gasteiger charge is -2.19. The summed E-state index contributed by atoms with van der Waals surface area (Å²) < 4.78 is 39.8. The van der Waals surface area contributed by atoms with Crippen molar-refractivity contribution in [2.24, 2.45) is 0 Å². The van der Waals surface area contributed by atoms with E-state index in [2.05, 4.69) is 5.32 Å². The average molecular weight is 447 g/mol. The molecule has 0 unspecified atom stereocenters. The molecule has 128 valence electrons. The van der Waals surface area contributed by atoms with E-state index >= 15 is 0 Å². The molecule has 0 fully saturated rings. The van der Waals surface area contributed by atoms with E-state index in [9.17, 15) is 18.0 Å². The van der Waals surface area contributed by atoms with Crippen LogP contribution in [0.5, 0.6) is 0 Å². The molecule has 0 saturated carbocycles. The Morgan fingerprint density at radius 2 is 1.58 bits per heavy atom. The maximum atomic E-state index is 13.1. The lowest BCUT2D eigenvalue weighted by molar-refractivity contribution is -0.137. The number of benzene rings is 2. The van der Waals surface area contributed by atoms with Gasteiger partial charge in [0.2, 0.25) is 0 Å². The predicted octanol–water partition coefficient (Wildman–Crippen LogP) is 5.86. The van der Waals surface area contributed by atoms with Gasteiger partial charge in [0.15, 0.2) is 0 Å². The van der Waals surface area contributed by atoms with Crippen molar-refractivity contribution in [1.29, 1.82) is 0 Å². The van der Waals surface area contributed by atoms with Crippen LogP contribution < -0.4 is 5.32 Å². The quantitative estimate of drug-likeness (QED) is 0.575. The van der Waals surface area contributed by atoms with Crippen molar-refractivity contribution in [2.45, 2.75) is 32.4 Å². The normalized spacial score (nSPS) is 12.1. The summed E-state index contributed by atoms with van der Waals surface area (Å²) in [5, 5.41) is 2.36. The summed E-state index contributed by atoms with van der Waals surface area (Å²) >= 11 is 1.81. The highest BCUT2D eigenvalue weighted by Gasteiger charge is 2.34. The van der Waals surface area contributed by atoms with Crippen molar-refractivity contribution in [1.82, 2.24) is 0 Å². The minimum atomic E-state index is -4.53. The van der Waals surface area contributed by atoms with E-state index in [1.54, 1.807) is 34.7 Å². The number of hydrogen-bond donors (Lipinski definition) is 1. The van der Waals surface area contributed by atoms with Crippen LogP contribution in [-0.4, -0.2) is 5.91 Å². The number of nitrogens with one attached hydrogen (secondary N) is 1. The molecule has 0 aliphatic heterocycles. The number of alkyl halides is 3. The average Bonchev–Trinajstić information content (AvgIpc) is 2.47. The van der Waals surface area contributed by atoms with Gasteiger partial charge in [-0.1, -0.05) is 32.9 Å². The van der Waals surface area contributed by atoms with Gasteiger partial charge in [-0.05, 0) is 63.9 Å². The molecule has 1 amide bonds. The van der Waals surface area contributed by atoms with Crippen molar-refractivity contribution in [3.8, 4) is 0 Å². The number of carbonyl (C=O) groups is 1. The molecule has 2 aromatic rings. The van der Waals surface area contributed by atoms with Gasteiger partial charge in [-0.2, -0.15) is 13.2 Å². The Morgan fingerprint density at radius 3 is 2.08 bits per heavy atom. The third-order valence-corrected chi connectivity index (χ3v) is 4.22. The van der Waals surface area contributed by atoms with E-state index in [0.29, 0.717) is 9.13 Å². The molecule has 0 heterocycles. The molecule has 0 aliphatic carbocycles. The van der Waals surface area contributed by atoms with Crippen LogP contribution >= 0.6 is 22.6 Å². The zero-order valence-electron chi connectivity index (χ0n) is 13.5. The maximum Gasteiger partial charge on any atom is 0.418 e. The first-order valence-corrected chi connectivity index (χ1v) is 8.35. The van der Waals surface area contributed by atoms with Crippen LogP contribution in [0.4, 0.5) is 18.9 Å². The molecule has 2 rings (SSSR count). The van der Waals surface area contributed by atoms with Gasteiger partial charge >= 0.3 is 6.18 Å². The maximum absolute atomic E-state index is 13.1. The number of halogens is 4. The molecule has 0 bridgehead atoms. The molecule has 0 radical (unpaired) electrons. The molecule has 6 heteroatoms. The van der Waals surface area contributed by atoms with Gasteiger partial charge in [0.05, 0.1) is 11.3 Å². The molecule has 0 aliphatic rings. The van der Waals surface area contributed by atoms with E-state index in [1.165, 1.54) is 12.1 Å². The Hall–Kier alpha value is -1.57. The monoisotopic (exact) mass is 447 g/mol. The fourth-order valence-electron chi connectivity index (χ4n) is 2.18. The Morgan fingerprint density at radius 1 is 1.00 bits per heavy atom. The van der Waals surface area contributed by atoms with Crippen LogP contribution in [0, 0.1) is 3.57 Å². The Labute approximate surface area is 152 Å². The molecule has 24 heavy (non-hydrogen) atoms. The van der Waals surface area contributed by atoms with Crippen molar-refractivity contribution in [3.63, 3.8) is 0 Å². The largest absolute Gasteiger partial charge is 0.418 e. The van der Waals surface area contributed by atoms with Crippen LogP contribution in [0.2, 0.25) is 0 Å². The van der Waals surface area contributed by atoms with Crippen LogP contribution in [-0.2, 0) is 11.6 Å². The fourth-order valence-corrected chi connectivity index (χ4v) is 2.67. The first-order chi connectivity index (χ1) is 11.0. The highest BCUT2D eigenvalue weighted by atomic mass is 127. The van der Waals surface area contributed by atoms with Gasteiger partial charge in [-0.25, -0.2) is 0 Å². The number of hydrogen-bond acceptors (Lipinski definition) is 1. The second kappa shape index (κ2) is 6.74. The minimum absolute atomic E-state index is 0.0609. The summed E-state index contributed by atoms with van der Waals surface area (Å²) in [4.78, 5) is 12.3. The summed E-state index contributed by atoms with van der Waals surface area (Å²) in [5.74, 6) is -0.567. The van der Waals surface area contributed by atoms with Gasteiger partial charge in [-0.3, -0.25) is 4.79 Å².